The molecule has 1 nitrogen and oxygen atoms in total. The van der Waals surface area contributed by atoms with Crippen LogP contribution in [0.2, 0.25) is 0 Å². The predicted octanol–water partition coefficient (Wildman–Crippen LogP) is 4.02. The van der Waals surface area contributed by atoms with Crippen LogP contribution in [0.4, 0.5) is 61.5 Å². The SMILES string of the molecule is O=C(F)C1(F)C(F)(F)C(F)(F)C(F)(C(F)(F)F)C(F)(F)C1(F)F. The number of halogens is 14. The van der Waals surface area contributed by atoms with E-state index in [9.17, 15) is 66.3 Å². The van der Waals surface area contributed by atoms with Gasteiger partial charge in [0.2, 0.25) is 0 Å². The van der Waals surface area contributed by atoms with Gasteiger partial charge in [-0.15, -0.1) is 0 Å². The zero-order valence-corrected chi connectivity index (χ0v) is 9.70. The number of carbonyl (C=O) groups is 1. The van der Waals surface area contributed by atoms with Gasteiger partial charge in [-0.3, -0.25) is 4.79 Å². The van der Waals surface area contributed by atoms with Crippen molar-refractivity contribution in [2.45, 2.75) is 41.2 Å². The van der Waals surface area contributed by atoms with Crippen molar-refractivity contribution in [2.75, 3.05) is 0 Å². The van der Waals surface area contributed by atoms with Crippen LogP contribution in [0.3, 0.4) is 0 Å². The first-order chi connectivity index (χ1) is 9.69. The maximum absolute atomic E-state index is 13.3. The van der Waals surface area contributed by atoms with Crippen molar-refractivity contribution in [1.29, 1.82) is 0 Å². The summed E-state index contributed by atoms with van der Waals surface area (Å²) < 4.78 is 179. The van der Waals surface area contributed by atoms with Crippen molar-refractivity contribution in [3.05, 3.63) is 0 Å². The minimum absolute atomic E-state index is 4.84. The quantitative estimate of drug-likeness (QED) is 0.498. The lowest BCUT2D eigenvalue weighted by molar-refractivity contribution is -0.490. The average Bonchev–Trinajstić information content (AvgIpc) is 2.32. The van der Waals surface area contributed by atoms with Crippen molar-refractivity contribution in [3.63, 3.8) is 0 Å². The molecule has 0 N–H and O–H groups in total. The maximum atomic E-state index is 13.3. The van der Waals surface area contributed by atoms with Gasteiger partial charge >= 0.3 is 47.2 Å². The Labute approximate surface area is 115 Å². The highest BCUT2D eigenvalue weighted by atomic mass is 19.4. The molecular weight excluding hydrogens is 378 g/mol. The third-order valence-electron chi connectivity index (χ3n) is 3.18. The number of carbonyl (C=O) groups excluding carboxylic acids is 1. The van der Waals surface area contributed by atoms with E-state index in [-0.39, 0.29) is 0 Å². The molecule has 136 valence electrons. The van der Waals surface area contributed by atoms with Crippen LogP contribution in [0.25, 0.3) is 0 Å². The van der Waals surface area contributed by atoms with E-state index >= 15 is 0 Å². The van der Waals surface area contributed by atoms with Crippen molar-refractivity contribution >= 4 is 6.04 Å². The summed E-state index contributed by atoms with van der Waals surface area (Å²) in [6.07, 6.45) is -7.78. The summed E-state index contributed by atoms with van der Waals surface area (Å²) in [6, 6.07) is -4.84. The molecule has 0 atom stereocenters. The standard InChI is InChI=1S/C8F14O/c9-1(23)2(10)4(12,13)6(16,17)3(11,8(20,21)22)7(18,19)5(2,14)15. The van der Waals surface area contributed by atoms with E-state index in [1.165, 1.54) is 0 Å². The van der Waals surface area contributed by atoms with E-state index in [1.807, 2.05) is 0 Å². The summed E-state index contributed by atoms with van der Waals surface area (Å²) in [5, 5.41) is 0. The lowest BCUT2D eigenvalue weighted by Crippen LogP contribution is -2.88. The summed E-state index contributed by atoms with van der Waals surface area (Å²) >= 11 is 0. The fourth-order valence-corrected chi connectivity index (χ4v) is 1.86. The zero-order chi connectivity index (χ0) is 19.1. The van der Waals surface area contributed by atoms with Gasteiger partial charge in [0.05, 0.1) is 0 Å². The lowest BCUT2D eigenvalue weighted by atomic mass is 9.66. The predicted molar refractivity (Wildman–Crippen MR) is 39.6 cm³/mol. The molecule has 0 aromatic carbocycles. The normalized spacial score (nSPS) is 38.2. The van der Waals surface area contributed by atoms with Gasteiger partial charge in [-0.25, -0.2) is 8.78 Å². The smallest absolute Gasteiger partial charge is 0.257 e. The molecule has 0 radical (unpaired) electrons. The van der Waals surface area contributed by atoms with Crippen LogP contribution in [0.15, 0.2) is 0 Å². The third-order valence-corrected chi connectivity index (χ3v) is 3.18. The molecule has 23 heavy (non-hydrogen) atoms. The molecule has 0 heterocycles. The van der Waals surface area contributed by atoms with Crippen molar-refractivity contribution < 1.29 is 66.3 Å². The van der Waals surface area contributed by atoms with Gasteiger partial charge in [0.15, 0.2) is 0 Å². The summed E-state index contributed by atoms with van der Waals surface area (Å²) in [5.41, 5.74) is -15.5. The zero-order valence-electron chi connectivity index (χ0n) is 9.70. The number of hydrogen-bond acceptors (Lipinski definition) is 1. The van der Waals surface area contributed by atoms with Gasteiger partial charge in [0.1, 0.15) is 0 Å². The Morgan fingerprint density at radius 1 is 0.609 bits per heavy atom. The summed E-state index contributed by atoms with van der Waals surface area (Å²) in [7, 11) is 0. The van der Waals surface area contributed by atoms with Crippen molar-refractivity contribution in [2.24, 2.45) is 0 Å². The van der Waals surface area contributed by atoms with E-state index < -0.39 is 47.2 Å². The summed E-state index contributed by atoms with van der Waals surface area (Å²) in [4.78, 5) is 9.92. The first kappa shape index (κ1) is 19.7. The Morgan fingerprint density at radius 3 is 1.04 bits per heavy atom. The topological polar surface area (TPSA) is 17.1 Å². The minimum atomic E-state index is -8.01. The van der Waals surface area contributed by atoms with E-state index in [2.05, 4.69) is 0 Å². The molecule has 0 spiro atoms. The number of rotatable bonds is 1. The first-order valence-corrected chi connectivity index (χ1v) is 4.85. The Bertz CT molecular complexity index is 501. The first-order valence-electron chi connectivity index (χ1n) is 4.85. The molecule has 1 aliphatic rings. The van der Waals surface area contributed by atoms with Gasteiger partial charge in [-0.2, -0.15) is 52.7 Å². The minimum Gasteiger partial charge on any atom is -0.257 e. The largest absolute Gasteiger partial charge is 0.435 e. The highest BCUT2D eigenvalue weighted by Gasteiger charge is 3.06. The number of alkyl halides is 13. The molecule has 15 heteroatoms. The molecule has 1 saturated carbocycles. The average molecular weight is 378 g/mol. The van der Waals surface area contributed by atoms with Crippen molar-refractivity contribution in [3.8, 4) is 0 Å². The second-order valence-electron chi connectivity index (χ2n) is 4.39. The molecule has 0 unspecified atom stereocenters. The molecule has 0 aromatic heterocycles. The van der Waals surface area contributed by atoms with Crippen molar-refractivity contribution in [1.82, 2.24) is 0 Å². The lowest BCUT2D eigenvalue weighted by Gasteiger charge is -2.53. The second-order valence-corrected chi connectivity index (χ2v) is 4.39. The highest BCUT2D eigenvalue weighted by Crippen LogP contribution is 2.72. The monoisotopic (exact) mass is 378 g/mol. The molecule has 0 saturated heterocycles. The van der Waals surface area contributed by atoms with Gasteiger partial charge in [0.25, 0.3) is 0 Å². The van der Waals surface area contributed by atoms with Gasteiger partial charge < -0.3 is 0 Å². The molecule has 0 aromatic rings. The molecule has 1 rings (SSSR count). The van der Waals surface area contributed by atoms with Crippen LogP contribution < -0.4 is 0 Å². The summed E-state index contributed by atoms with van der Waals surface area (Å²) in [6.45, 7) is 0. The molecule has 1 aliphatic carbocycles. The van der Waals surface area contributed by atoms with E-state index in [4.69, 9.17) is 0 Å². The number of hydrogen-bond donors (Lipinski definition) is 0. The Kier molecular flexibility index (Phi) is 3.61. The fraction of sp³-hybridized carbons (Fsp3) is 0.875. The Balaban J connectivity index is 4.06. The van der Waals surface area contributed by atoms with Crippen LogP contribution >= 0.6 is 0 Å². The third kappa shape index (κ3) is 1.58. The van der Waals surface area contributed by atoms with Crippen LogP contribution in [-0.4, -0.2) is 47.2 Å². The van der Waals surface area contributed by atoms with E-state index in [1.54, 1.807) is 0 Å². The Hall–Kier alpha value is -1.31. The van der Waals surface area contributed by atoms with Crippen LogP contribution in [0.5, 0.6) is 0 Å². The Morgan fingerprint density at radius 2 is 0.870 bits per heavy atom. The highest BCUT2D eigenvalue weighted by molar-refractivity contribution is 5.83. The van der Waals surface area contributed by atoms with Crippen LogP contribution in [-0.2, 0) is 4.79 Å². The maximum Gasteiger partial charge on any atom is 0.435 e. The molecule has 0 aliphatic heterocycles. The van der Waals surface area contributed by atoms with Gasteiger partial charge in [0, 0.05) is 0 Å². The van der Waals surface area contributed by atoms with Gasteiger partial charge in [-0.05, 0) is 0 Å². The van der Waals surface area contributed by atoms with E-state index in [0.717, 1.165) is 0 Å². The molecule has 0 amide bonds. The fourth-order valence-electron chi connectivity index (χ4n) is 1.86. The second kappa shape index (κ2) is 4.20. The molecular formula is C8F14O. The van der Waals surface area contributed by atoms with Gasteiger partial charge in [-0.1, -0.05) is 0 Å². The molecule has 0 bridgehead atoms. The summed E-state index contributed by atoms with van der Waals surface area (Å²) in [5.74, 6) is -31.6. The van der Waals surface area contributed by atoms with E-state index in [0.29, 0.717) is 0 Å². The van der Waals surface area contributed by atoms with Crippen LogP contribution in [0, 0.1) is 0 Å². The van der Waals surface area contributed by atoms with Crippen LogP contribution in [0.1, 0.15) is 0 Å². The molecule has 1 fully saturated rings.